The number of rotatable bonds is 12. The summed E-state index contributed by atoms with van der Waals surface area (Å²) >= 11 is 0. The van der Waals surface area contributed by atoms with Crippen LogP contribution in [-0.2, 0) is 0 Å². The molecule has 0 bridgehead atoms. The molecule has 0 saturated carbocycles. The average molecular weight is 495 g/mol. The van der Waals surface area contributed by atoms with Gasteiger partial charge in [-0.2, -0.15) is 0 Å². The normalized spacial score (nSPS) is 11.3. The van der Waals surface area contributed by atoms with Crippen LogP contribution in [0.4, 0.5) is 11.4 Å². The SMILES string of the molecule is C=C(c1ccc(N(C)CC(C)C)cc1)c1cccc(C(=C)c2ccc(N(CC(C)C)CC(C)C)cc2)c1. The first-order valence-corrected chi connectivity index (χ1v) is 13.7. The molecule has 2 heteroatoms. The second-order valence-corrected chi connectivity index (χ2v) is 11.6. The Bertz CT molecular complexity index is 1160. The summed E-state index contributed by atoms with van der Waals surface area (Å²) in [4.78, 5) is 4.80. The van der Waals surface area contributed by atoms with Gasteiger partial charge in [-0.05, 0) is 81.5 Å². The molecule has 196 valence electrons. The van der Waals surface area contributed by atoms with E-state index in [9.17, 15) is 0 Å². The summed E-state index contributed by atoms with van der Waals surface area (Å²) < 4.78 is 0. The van der Waals surface area contributed by atoms with Crippen molar-refractivity contribution in [2.45, 2.75) is 41.5 Å². The highest BCUT2D eigenvalue weighted by Gasteiger charge is 2.12. The van der Waals surface area contributed by atoms with Crippen molar-refractivity contribution in [2.24, 2.45) is 17.8 Å². The lowest BCUT2D eigenvalue weighted by atomic mass is 9.93. The van der Waals surface area contributed by atoms with Gasteiger partial charge in [-0.25, -0.2) is 0 Å². The molecule has 0 unspecified atom stereocenters. The van der Waals surface area contributed by atoms with Crippen LogP contribution in [0.25, 0.3) is 11.1 Å². The molecule has 3 aromatic rings. The zero-order valence-corrected chi connectivity index (χ0v) is 24.1. The fourth-order valence-corrected chi connectivity index (χ4v) is 4.84. The Morgan fingerprint density at radius 3 is 1.38 bits per heavy atom. The van der Waals surface area contributed by atoms with Crippen LogP contribution >= 0.6 is 0 Å². The van der Waals surface area contributed by atoms with Gasteiger partial charge in [0.1, 0.15) is 0 Å². The zero-order chi connectivity index (χ0) is 27.1. The summed E-state index contributed by atoms with van der Waals surface area (Å²) in [5, 5.41) is 0. The first-order chi connectivity index (χ1) is 17.5. The van der Waals surface area contributed by atoms with Gasteiger partial charge in [-0.15, -0.1) is 0 Å². The van der Waals surface area contributed by atoms with Crippen molar-refractivity contribution in [3.8, 4) is 0 Å². The molecule has 0 saturated heterocycles. The molecule has 3 aromatic carbocycles. The van der Waals surface area contributed by atoms with Crippen LogP contribution in [0.2, 0.25) is 0 Å². The second-order valence-electron chi connectivity index (χ2n) is 11.6. The number of benzene rings is 3. The molecular formula is C35H46N2. The van der Waals surface area contributed by atoms with Crippen LogP contribution in [0.1, 0.15) is 63.8 Å². The van der Waals surface area contributed by atoms with E-state index in [1.165, 1.54) is 11.4 Å². The fourth-order valence-electron chi connectivity index (χ4n) is 4.84. The Morgan fingerprint density at radius 2 is 0.973 bits per heavy atom. The van der Waals surface area contributed by atoms with Gasteiger partial charge in [-0.1, -0.05) is 97.2 Å². The lowest BCUT2D eigenvalue weighted by molar-refractivity contribution is 0.553. The summed E-state index contributed by atoms with van der Waals surface area (Å²) in [5.41, 5.74) is 9.12. The van der Waals surface area contributed by atoms with Crippen LogP contribution < -0.4 is 9.80 Å². The largest absolute Gasteiger partial charge is 0.374 e. The summed E-state index contributed by atoms with van der Waals surface area (Å²) in [7, 11) is 2.15. The summed E-state index contributed by atoms with van der Waals surface area (Å²) in [6.07, 6.45) is 0. The summed E-state index contributed by atoms with van der Waals surface area (Å²) in [6, 6.07) is 26.2. The molecule has 0 heterocycles. The van der Waals surface area contributed by atoms with Crippen LogP contribution in [-0.4, -0.2) is 26.7 Å². The molecule has 0 atom stereocenters. The van der Waals surface area contributed by atoms with Gasteiger partial charge < -0.3 is 9.80 Å². The third-order valence-corrected chi connectivity index (χ3v) is 6.61. The molecule has 0 aliphatic rings. The highest BCUT2D eigenvalue weighted by molar-refractivity contribution is 5.84. The second kappa shape index (κ2) is 12.8. The van der Waals surface area contributed by atoms with Crippen molar-refractivity contribution in [3.63, 3.8) is 0 Å². The van der Waals surface area contributed by atoms with Gasteiger partial charge in [0.25, 0.3) is 0 Å². The monoisotopic (exact) mass is 494 g/mol. The van der Waals surface area contributed by atoms with Crippen molar-refractivity contribution in [3.05, 3.63) is 108 Å². The maximum absolute atomic E-state index is 4.45. The predicted molar refractivity (Wildman–Crippen MR) is 166 cm³/mol. The van der Waals surface area contributed by atoms with Gasteiger partial charge in [0.2, 0.25) is 0 Å². The lowest BCUT2D eigenvalue weighted by Gasteiger charge is -2.28. The van der Waals surface area contributed by atoms with Crippen molar-refractivity contribution in [1.82, 2.24) is 0 Å². The number of hydrogen-bond donors (Lipinski definition) is 0. The van der Waals surface area contributed by atoms with Gasteiger partial charge in [-0.3, -0.25) is 0 Å². The maximum Gasteiger partial charge on any atom is 0.0366 e. The zero-order valence-electron chi connectivity index (χ0n) is 24.1. The quantitative estimate of drug-likeness (QED) is 0.248. The Labute approximate surface area is 226 Å². The summed E-state index contributed by atoms with van der Waals surface area (Å²) in [6.45, 7) is 25.7. The van der Waals surface area contributed by atoms with Crippen LogP contribution in [0.15, 0.2) is 86.0 Å². The van der Waals surface area contributed by atoms with E-state index in [-0.39, 0.29) is 0 Å². The molecule has 3 rings (SSSR count). The number of anilines is 2. The molecule has 0 amide bonds. The average Bonchev–Trinajstić information content (AvgIpc) is 2.87. The van der Waals surface area contributed by atoms with E-state index in [1.54, 1.807) is 0 Å². The fraction of sp³-hybridized carbons (Fsp3) is 0.371. The van der Waals surface area contributed by atoms with E-state index >= 15 is 0 Å². The van der Waals surface area contributed by atoms with Gasteiger partial charge in [0.05, 0.1) is 0 Å². The predicted octanol–water partition coefficient (Wildman–Crippen LogP) is 9.02. The van der Waals surface area contributed by atoms with Crippen LogP contribution in [0.5, 0.6) is 0 Å². The minimum atomic E-state index is 0.626. The van der Waals surface area contributed by atoms with E-state index in [4.69, 9.17) is 0 Å². The highest BCUT2D eigenvalue weighted by Crippen LogP contribution is 2.29. The van der Waals surface area contributed by atoms with E-state index in [1.807, 2.05) is 0 Å². The highest BCUT2D eigenvalue weighted by atomic mass is 15.1. The number of hydrogen-bond acceptors (Lipinski definition) is 2. The minimum absolute atomic E-state index is 0.626. The Morgan fingerprint density at radius 1 is 0.568 bits per heavy atom. The van der Waals surface area contributed by atoms with Crippen LogP contribution in [0.3, 0.4) is 0 Å². The molecule has 37 heavy (non-hydrogen) atoms. The molecular weight excluding hydrogens is 448 g/mol. The molecule has 0 aliphatic carbocycles. The van der Waals surface area contributed by atoms with E-state index in [0.29, 0.717) is 17.8 Å². The first-order valence-electron chi connectivity index (χ1n) is 13.7. The van der Waals surface area contributed by atoms with Crippen molar-refractivity contribution >= 4 is 22.5 Å². The first kappa shape index (κ1) is 28.3. The molecule has 0 radical (unpaired) electrons. The Balaban J connectivity index is 1.76. The van der Waals surface area contributed by atoms with Crippen molar-refractivity contribution in [1.29, 1.82) is 0 Å². The molecule has 0 aromatic heterocycles. The molecule has 0 N–H and O–H groups in total. The standard InChI is InChI=1S/C35H46N2/c1-25(2)22-36(9)34-17-13-30(14-18-34)28(7)32-11-10-12-33(21-32)29(8)31-15-19-35(20-16-31)37(23-26(3)4)24-27(5)6/h10-21,25-27H,7-8,22-24H2,1-6,9H3. The summed E-state index contributed by atoms with van der Waals surface area (Å²) in [5.74, 6) is 1.88. The van der Waals surface area contributed by atoms with E-state index in [0.717, 1.165) is 53.0 Å². The molecule has 2 nitrogen and oxygen atoms in total. The smallest absolute Gasteiger partial charge is 0.0366 e. The third-order valence-electron chi connectivity index (χ3n) is 6.61. The molecule has 0 aliphatic heterocycles. The van der Waals surface area contributed by atoms with Gasteiger partial charge >= 0.3 is 0 Å². The van der Waals surface area contributed by atoms with E-state index in [2.05, 4.69) is 144 Å². The van der Waals surface area contributed by atoms with Crippen molar-refractivity contribution in [2.75, 3.05) is 36.5 Å². The molecule has 0 fully saturated rings. The van der Waals surface area contributed by atoms with Crippen LogP contribution in [0, 0.1) is 17.8 Å². The topological polar surface area (TPSA) is 6.48 Å². The van der Waals surface area contributed by atoms with Crippen molar-refractivity contribution < 1.29 is 0 Å². The number of nitrogens with zero attached hydrogens (tertiary/aromatic N) is 2. The molecule has 0 spiro atoms. The van der Waals surface area contributed by atoms with Gasteiger partial charge in [0, 0.05) is 38.1 Å². The Hall–Kier alpha value is -3.26. The Kier molecular flexibility index (Phi) is 9.80. The lowest BCUT2D eigenvalue weighted by Crippen LogP contribution is -2.31. The van der Waals surface area contributed by atoms with Gasteiger partial charge in [0.15, 0.2) is 0 Å². The minimum Gasteiger partial charge on any atom is -0.374 e. The third kappa shape index (κ3) is 7.86. The van der Waals surface area contributed by atoms with E-state index < -0.39 is 0 Å². The maximum atomic E-state index is 4.45.